The highest BCUT2D eigenvalue weighted by Crippen LogP contribution is 2.24. The second-order valence-corrected chi connectivity index (χ2v) is 5.82. The van der Waals surface area contributed by atoms with Crippen LogP contribution in [0.2, 0.25) is 0 Å². The van der Waals surface area contributed by atoms with Gasteiger partial charge in [0.05, 0.1) is 18.0 Å². The molecule has 3 heterocycles. The number of rotatable bonds is 6. The maximum Gasteiger partial charge on any atom is 0.129 e. The molecule has 3 rings (SSSR count). The lowest BCUT2D eigenvalue weighted by Gasteiger charge is -2.10. The van der Waals surface area contributed by atoms with Crippen LogP contribution in [-0.2, 0) is 11.3 Å². The summed E-state index contributed by atoms with van der Waals surface area (Å²) in [6.07, 6.45) is 3.69. The topological polar surface area (TPSA) is 64.9 Å². The summed E-state index contributed by atoms with van der Waals surface area (Å²) in [6, 6.07) is 4.15. The van der Waals surface area contributed by atoms with E-state index in [1.165, 1.54) is 5.69 Å². The fourth-order valence-electron chi connectivity index (χ4n) is 2.81. The van der Waals surface area contributed by atoms with Gasteiger partial charge < -0.3 is 10.1 Å². The Hall–Kier alpha value is -1.95. The molecule has 0 bridgehead atoms. The number of anilines is 1. The van der Waals surface area contributed by atoms with Crippen molar-refractivity contribution >= 4 is 5.82 Å². The Morgan fingerprint density at radius 3 is 2.95 bits per heavy atom. The lowest BCUT2D eigenvalue weighted by Crippen LogP contribution is -2.10. The summed E-state index contributed by atoms with van der Waals surface area (Å²) in [5, 5.41) is 7.84. The quantitative estimate of drug-likeness (QED) is 0.829. The zero-order valence-corrected chi connectivity index (χ0v) is 13.2. The second kappa shape index (κ2) is 6.87. The van der Waals surface area contributed by atoms with Gasteiger partial charge in [-0.1, -0.05) is 0 Å². The summed E-state index contributed by atoms with van der Waals surface area (Å²) in [7, 11) is 0. The molecule has 0 spiro atoms. The van der Waals surface area contributed by atoms with Crippen molar-refractivity contribution < 1.29 is 4.74 Å². The molecule has 22 heavy (non-hydrogen) atoms. The summed E-state index contributed by atoms with van der Waals surface area (Å²) >= 11 is 0. The van der Waals surface area contributed by atoms with E-state index in [1.54, 1.807) is 6.33 Å². The van der Waals surface area contributed by atoms with Crippen LogP contribution in [0.5, 0.6) is 0 Å². The average Bonchev–Trinajstić information content (AvgIpc) is 3.14. The van der Waals surface area contributed by atoms with E-state index in [0.29, 0.717) is 5.92 Å². The second-order valence-electron chi connectivity index (χ2n) is 5.82. The maximum atomic E-state index is 5.42. The van der Waals surface area contributed by atoms with E-state index in [1.807, 2.05) is 13.0 Å². The van der Waals surface area contributed by atoms with Gasteiger partial charge in [0, 0.05) is 37.4 Å². The van der Waals surface area contributed by atoms with Gasteiger partial charge in [0.25, 0.3) is 0 Å². The first-order chi connectivity index (χ1) is 10.7. The van der Waals surface area contributed by atoms with Gasteiger partial charge in [0.1, 0.15) is 12.1 Å². The van der Waals surface area contributed by atoms with Crippen LogP contribution in [0.1, 0.15) is 35.8 Å². The van der Waals surface area contributed by atoms with Crippen LogP contribution in [0.4, 0.5) is 5.82 Å². The third kappa shape index (κ3) is 3.62. The van der Waals surface area contributed by atoms with Gasteiger partial charge in [-0.25, -0.2) is 9.97 Å². The molecule has 6 heteroatoms. The van der Waals surface area contributed by atoms with Gasteiger partial charge in [-0.2, -0.15) is 5.10 Å². The Kier molecular flexibility index (Phi) is 4.68. The van der Waals surface area contributed by atoms with Crippen molar-refractivity contribution in [1.82, 2.24) is 19.7 Å². The summed E-state index contributed by atoms with van der Waals surface area (Å²) < 4.78 is 7.48. The minimum absolute atomic E-state index is 0.415. The van der Waals surface area contributed by atoms with E-state index in [0.717, 1.165) is 56.4 Å². The van der Waals surface area contributed by atoms with Crippen LogP contribution in [-0.4, -0.2) is 39.5 Å². The average molecular weight is 301 g/mol. The predicted molar refractivity (Wildman–Crippen MR) is 85.0 cm³/mol. The van der Waals surface area contributed by atoms with E-state index >= 15 is 0 Å². The maximum absolute atomic E-state index is 5.42. The van der Waals surface area contributed by atoms with Crippen LogP contribution >= 0.6 is 0 Å². The highest BCUT2D eigenvalue weighted by molar-refractivity contribution is 5.35. The number of ether oxygens (including phenoxy) is 1. The van der Waals surface area contributed by atoms with Crippen LogP contribution in [0.25, 0.3) is 0 Å². The molecule has 1 aliphatic rings. The Morgan fingerprint density at radius 1 is 1.32 bits per heavy atom. The molecule has 1 atom stereocenters. The molecule has 118 valence electrons. The molecule has 0 aliphatic carbocycles. The molecule has 2 aromatic rings. The van der Waals surface area contributed by atoms with E-state index < -0.39 is 0 Å². The molecule has 0 aromatic carbocycles. The predicted octanol–water partition coefficient (Wildman–Crippen LogP) is 2.30. The zero-order chi connectivity index (χ0) is 15.4. The van der Waals surface area contributed by atoms with Gasteiger partial charge >= 0.3 is 0 Å². The number of nitrogens with one attached hydrogen (secondary N) is 1. The molecular weight excluding hydrogens is 278 g/mol. The van der Waals surface area contributed by atoms with E-state index in [4.69, 9.17) is 4.74 Å². The summed E-state index contributed by atoms with van der Waals surface area (Å²) in [5.74, 6) is 1.31. The van der Waals surface area contributed by atoms with Gasteiger partial charge in [-0.05, 0) is 32.8 Å². The number of hydrogen-bond donors (Lipinski definition) is 1. The van der Waals surface area contributed by atoms with Crippen LogP contribution in [0.15, 0.2) is 18.5 Å². The molecule has 0 saturated carbocycles. The fraction of sp³-hybridized carbons (Fsp3) is 0.562. The molecule has 1 N–H and O–H groups in total. The van der Waals surface area contributed by atoms with Crippen LogP contribution < -0.4 is 5.32 Å². The Morgan fingerprint density at radius 2 is 2.23 bits per heavy atom. The third-order valence-corrected chi connectivity index (χ3v) is 3.99. The molecule has 1 aliphatic heterocycles. The minimum Gasteiger partial charge on any atom is -0.381 e. The lowest BCUT2D eigenvalue weighted by molar-refractivity contribution is 0.193. The first-order valence-corrected chi connectivity index (χ1v) is 7.87. The highest BCUT2D eigenvalue weighted by atomic mass is 16.5. The van der Waals surface area contributed by atoms with Crippen molar-refractivity contribution in [3.63, 3.8) is 0 Å². The van der Waals surface area contributed by atoms with E-state index in [9.17, 15) is 0 Å². The van der Waals surface area contributed by atoms with Crippen molar-refractivity contribution in [2.24, 2.45) is 0 Å². The van der Waals surface area contributed by atoms with Crippen molar-refractivity contribution in [3.05, 3.63) is 35.5 Å². The molecule has 1 saturated heterocycles. The Labute approximate surface area is 130 Å². The summed E-state index contributed by atoms with van der Waals surface area (Å²) in [4.78, 5) is 8.66. The van der Waals surface area contributed by atoms with Crippen molar-refractivity contribution in [3.8, 4) is 0 Å². The Balaban J connectivity index is 1.49. The monoisotopic (exact) mass is 301 g/mol. The highest BCUT2D eigenvalue weighted by Gasteiger charge is 2.19. The number of hydrogen-bond acceptors (Lipinski definition) is 5. The lowest BCUT2D eigenvalue weighted by atomic mass is 10.1. The van der Waals surface area contributed by atoms with E-state index in [-0.39, 0.29) is 0 Å². The molecule has 1 fully saturated rings. The summed E-state index contributed by atoms with van der Waals surface area (Å²) in [6.45, 7) is 7.51. The Bertz CT molecular complexity index is 619. The normalized spacial score (nSPS) is 17.8. The minimum atomic E-state index is 0.415. The number of aromatic nitrogens is 4. The third-order valence-electron chi connectivity index (χ3n) is 3.99. The van der Waals surface area contributed by atoms with E-state index in [2.05, 4.69) is 38.1 Å². The van der Waals surface area contributed by atoms with Crippen LogP contribution in [0, 0.1) is 13.8 Å². The largest absolute Gasteiger partial charge is 0.381 e. The van der Waals surface area contributed by atoms with Gasteiger partial charge in [0.2, 0.25) is 0 Å². The smallest absolute Gasteiger partial charge is 0.129 e. The number of nitrogens with zero attached hydrogens (tertiary/aromatic N) is 4. The van der Waals surface area contributed by atoms with Gasteiger partial charge in [0.15, 0.2) is 0 Å². The molecule has 6 nitrogen and oxygen atoms in total. The van der Waals surface area contributed by atoms with Gasteiger partial charge in [-0.15, -0.1) is 0 Å². The first-order valence-electron chi connectivity index (χ1n) is 7.87. The molecule has 0 amide bonds. The van der Waals surface area contributed by atoms with Gasteiger partial charge in [-0.3, -0.25) is 4.68 Å². The van der Waals surface area contributed by atoms with Crippen molar-refractivity contribution in [2.45, 2.75) is 39.2 Å². The van der Waals surface area contributed by atoms with Crippen molar-refractivity contribution in [1.29, 1.82) is 0 Å². The van der Waals surface area contributed by atoms with Crippen molar-refractivity contribution in [2.75, 3.05) is 25.1 Å². The fourth-order valence-corrected chi connectivity index (χ4v) is 2.81. The zero-order valence-electron chi connectivity index (χ0n) is 13.2. The molecule has 1 unspecified atom stereocenters. The number of aryl methyl sites for hydroxylation is 3. The van der Waals surface area contributed by atoms with Crippen LogP contribution in [0.3, 0.4) is 0 Å². The first kappa shape index (κ1) is 15.0. The standard InChI is InChI=1S/C16H23N5O/c1-12-8-13(2)21(20-12)6-3-5-17-16-9-15(18-11-19-16)14-4-7-22-10-14/h8-9,11,14H,3-7,10H2,1-2H3,(H,17,18,19). The molecule has 0 radical (unpaired) electrons. The SMILES string of the molecule is Cc1cc(C)n(CCCNc2cc(C3CCOC3)ncn2)n1. The molecular formula is C16H23N5O. The summed E-state index contributed by atoms with van der Waals surface area (Å²) in [5.41, 5.74) is 3.36. The molecule has 2 aromatic heterocycles.